The molecule has 1 saturated carbocycles. The molecule has 1 nitrogen and oxygen atoms in total. The fourth-order valence-corrected chi connectivity index (χ4v) is 2.84. The summed E-state index contributed by atoms with van der Waals surface area (Å²) in [6, 6.07) is 12.1. The molecule has 20 heavy (non-hydrogen) atoms. The minimum atomic E-state index is 0.470. The number of rotatable bonds is 4. The van der Waals surface area contributed by atoms with E-state index < -0.39 is 0 Å². The van der Waals surface area contributed by atoms with Crippen molar-refractivity contribution in [1.29, 1.82) is 0 Å². The van der Waals surface area contributed by atoms with Gasteiger partial charge >= 0.3 is 0 Å². The van der Waals surface area contributed by atoms with Gasteiger partial charge in [-0.25, -0.2) is 0 Å². The van der Waals surface area contributed by atoms with Gasteiger partial charge < -0.3 is 5.32 Å². The van der Waals surface area contributed by atoms with Gasteiger partial charge in [0.15, 0.2) is 0 Å². The van der Waals surface area contributed by atoms with Gasteiger partial charge in [0.05, 0.1) is 20.8 Å². The monoisotopic (exact) mass is 325 g/mol. The third kappa shape index (κ3) is 3.22. The molecule has 1 N–H and O–H groups in total. The van der Waals surface area contributed by atoms with Gasteiger partial charge in [-0.1, -0.05) is 59.1 Å². The lowest BCUT2D eigenvalue weighted by atomic mass is 10.1. The van der Waals surface area contributed by atoms with E-state index in [1.807, 2.05) is 0 Å². The summed E-state index contributed by atoms with van der Waals surface area (Å²) < 4.78 is 0. The van der Waals surface area contributed by atoms with E-state index in [1.165, 1.54) is 24.0 Å². The first-order valence-corrected chi connectivity index (χ1v) is 7.74. The van der Waals surface area contributed by atoms with Crippen LogP contribution in [0.4, 0.5) is 5.69 Å². The van der Waals surface area contributed by atoms with Crippen LogP contribution in [-0.2, 0) is 6.54 Å². The summed E-state index contributed by atoms with van der Waals surface area (Å²) in [7, 11) is 0. The molecule has 0 heterocycles. The fraction of sp³-hybridized carbons (Fsp3) is 0.250. The molecule has 0 aliphatic heterocycles. The predicted octanol–water partition coefficient (Wildman–Crippen LogP) is 6.14. The Hall–Kier alpha value is -0.890. The first-order chi connectivity index (χ1) is 9.63. The molecule has 1 fully saturated rings. The molecule has 4 heteroatoms. The van der Waals surface area contributed by atoms with E-state index >= 15 is 0 Å². The first-order valence-electron chi connectivity index (χ1n) is 6.61. The summed E-state index contributed by atoms with van der Waals surface area (Å²) in [4.78, 5) is 0. The second-order valence-corrected chi connectivity index (χ2v) is 6.34. The van der Waals surface area contributed by atoms with Gasteiger partial charge in [-0.05, 0) is 42.0 Å². The lowest BCUT2D eigenvalue weighted by Crippen LogP contribution is -2.00. The Labute approximate surface area is 133 Å². The second kappa shape index (κ2) is 5.85. The summed E-state index contributed by atoms with van der Waals surface area (Å²) in [6.45, 7) is 0.720. The average Bonchev–Trinajstić information content (AvgIpc) is 3.26. The fourth-order valence-electron chi connectivity index (χ4n) is 2.23. The minimum absolute atomic E-state index is 0.470. The van der Waals surface area contributed by atoms with Crippen molar-refractivity contribution >= 4 is 40.5 Å². The maximum absolute atomic E-state index is 6.15. The molecule has 0 amide bonds. The van der Waals surface area contributed by atoms with Crippen molar-refractivity contribution in [2.24, 2.45) is 0 Å². The van der Waals surface area contributed by atoms with Crippen LogP contribution in [0.2, 0.25) is 15.1 Å². The summed E-state index contributed by atoms with van der Waals surface area (Å²) in [6.07, 6.45) is 2.63. The number of nitrogens with one attached hydrogen (secondary N) is 1. The molecule has 0 atom stereocenters. The van der Waals surface area contributed by atoms with Crippen molar-refractivity contribution in [3.63, 3.8) is 0 Å². The van der Waals surface area contributed by atoms with E-state index in [0.717, 1.165) is 18.2 Å². The zero-order valence-corrected chi connectivity index (χ0v) is 13.1. The van der Waals surface area contributed by atoms with E-state index in [1.54, 1.807) is 12.1 Å². The van der Waals surface area contributed by atoms with Crippen LogP contribution in [0.3, 0.4) is 0 Å². The third-order valence-electron chi connectivity index (χ3n) is 3.49. The Balaban J connectivity index is 1.73. The number of halogens is 3. The average molecular weight is 327 g/mol. The van der Waals surface area contributed by atoms with Crippen LogP contribution in [-0.4, -0.2) is 0 Å². The standard InChI is InChI=1S/C16H14Cl3N/c17-13-7-15(19)16(8-14(13)18)20-9-10-2-1-3-12(6-10)11-4-5-11/h1-3,6-8,11,20H,4-5,9H2. The molecule has 0 bridgehead atoms. The van der Waals surface area contributed by atoms with Gasteiger partial charge in [0.1, 0.15) is 0 Å². The molecule has 1 aliphatic carbocycles. The van der Waals surface area contributed by atoms with Gasteiger partial charge in [-0.15, -0.1) is 0 Å². The van der Waals surface area contributed by atoms with Crippen molar-refractivity contribution in [3.05, 3.63) is 62.6 Å². The van der Waals surface area contributed by atoms with Gasteiger partial charge in [0, 0.05) is 6.54 Å². The Kier molecular flexibility index (Phi) is 4.11. The second-order valence-electron chi connectivity index (χ2n) is 5.12. The molecule has 2 aromatic carbocycles. The maximum Gasteiger partial charge on any atom is 0.0653 e. The van der Waals surface area contributed by atoms with Crippen LogP contribution in [0.5, 0.6) is 0 Å². The lowest BCUT2D eigenvalue weighted by Gasteiger charge is -2.11. The van der Waals surface area contributed by atoms with Crippen LogP contribution in [0.1, 0.15) is 29.9 Å². The maximum atomic E-state index is 6.15. The van der Waals surface area contributed by atoms with Gasteiger partial charge in [0.25, 0.3) is 0 Å². The minimum Gasteiger partial charge on any atom is -0.380 e. The summed E-state index contributed by atoms with van der Waals surface area (Å²) in [5.41, 5.74) is 3.49. The number of anilines is 1. The van der Waals surface area contributed by atoms with Crippen LogP contribution in [0, 0.1) is 0 Å². The summed E-state index contributed by atoms with van der Waals surface area (Å²) in [5.74, 6) is 0.767. The molecule has 3 rings (SSSR count). The summed E-state index contributed by atoms with van der Waals surface area (Å²) >= 11 is 18.1. The highest BCUT2D eigenvalue weighted by Crippen LogP contribution is 2.40. The van der Waals surface area contributed by atoms with Crippen molar-refractivity contribution in [3.8, 4) is 0 Å². The lowest BCUT2D eigenvalue weighted by molar-refractivity contribution is 1.09. The molecular weight excluding hydrogens is 313 g/mol. The Morgan fingerprint density at radius 3 is 2.45 bits per heavy atom. The molecule has 0 spiro atoms. The van der Waals surface area contributed by atoms with E-state index in [-0.39, 0.29) is 0 Å². The quantitative estimate of drug-likeness (QED) is 0.666. The number of hydrogen-bond donors (Lipinski definition) is 1. The van der Waals surface area contributed by atoms with Gasteiger partial charge in [0.2, 0.25) is 0 Å². The Morgan fingerprint density at radius 1 is 0.950 bits per heavy atom. The van der Waals surface area contributed by atoms with Crippen LogP contribution in [0.15, 0.2) is 36.4 Å². The van der Waals surface area contributed by atoms with Crippen LogP contribution in [0.25, 0.3) is 0 Å². The zero-order valence-electron chi connectivity index (χ0n) is 10.8. The third-order valence-corrected chi connectivity index (χ3v) is 4.53. The highest BCUT2D eigenvalue weighted by Gasteiger charge is 2.23. The SMILES string of the molecule is Clc1cc(Cl)c(NCc2cccc(C3CC3)c2)cc1Cl. The van der Waals surface area contributed by atoms with E-state index in [9.17, 15) is 0 Å². The largest absolute Gasteiger partial charge is 0.380 e. The Morgan fingerprint density at radius 2 is 1.70 bits per heavy atom. The van der Waals surface area contributed by atoms with Gasteiger partial charge in [-0.3, -0.25) is 0 Å². The molecular formula is C16H14Cl3N. The van der Waals surface area contributed by atoms with Crippen molar-refractivity contribution in [2.45, 2.75) is 25.3 Å². The topological polar surface area (TPSA) is 12.0 Å². The van der Waals surface area contributed by atoms with Gasteiger partial charge in [-0.2, -0.15) is 0 Å². The van der Waals surface area contributed by atoms with Crippen LogP contribution >= 0.6 is 34.8 Å². The van der Waals surface area contributed by atoms with E-state index in [4.69, 9.17) is 34.8 Å². The molecule has 0 saturated heterocycles. The molecule has 1 aliphatic rings. The van der Waals surface area contributed by atoms with E-state index in [0.29, 0.717) is 15.1 Å². The number of benzene rings is 2. The normalized spacial score (nSPS) is 14.3. The first kappa shape index (κ1) is 14.1. The highest BCUT2D eigenvalue weighted by atomic mass is 35.5. The van der Waals surface area contributed by atoms with Crippen molar-refractivity contribution in [1.82, 2.24) is 0 Å². The highest BCUT2D eigenvalue weighted by molar-refractivity contribution is 6.44. The van der Waals surface area contributed by atoms with Crippen LogP contribution < -0.4 is 5.32 Å². The van der Waals surface area contributed by atoms with Crippen molar-refractivity contribution in [2.75, 3.05) is 5.32 Å². The van der Waals surface area contributed by atoms with Crippen molar-refractivity contribution < 1.29 is 0 Å². The predicted molar refractivity (Wildman–Crippen MR) is 87.2 cm³/mol. The molecule has 0 aromatic heterocycles. The molecule has 2 aromatic rings. The zero-order chi connectivity index (χ0) is 14.1. The molecule has 0 unspecified atom stereocenters. The Bertz CT molecular complexity index is 636. The number of hydrogen-bond acceptors (Lipinski definition) is 1. The molecule has 104 valence electrons. The summed E-state index contributed by atoms with van der Waals surface area (Å²) in [5, 5.41) is 4.87. The van der Waals surface area contributed by atoms with E-state index in [2.05, 4.69) is 29.6 Å². The molecule has 0 radical (unpaired) electrons. The smallest absolute Gasteiger partial charge is 0.0653 e.